The molecule has 3 atom stereocenters. The number of carbonyl (C=O) groups excluding carboxylic acids is 1. The highest BCUT2D eigenvalue weighted by Gasteiger charge is 2.47. The topological polar surface area (TPSA) is 59.2 Å². The number of benzene rings is 1. The monoisotopic (exact) mass is 347 g/mol. The van der Waals surface area contributed by atoms with Gasteiger partial charge in [-0.1, -0.05) is 5.16 Å². The van der Waals surface area contributed by atoms with Gasteiger partial charge in [-0.25, -0.2) is 8.78 Å². The van der Waals surface area contributed by atoms with Crippen molar-refractivity contribution in [2.45, 2.75) is 38.0 Å². The maximum Gasteiger partial charge on any atom is 0.226 e. The smallest absolute Gasteiger partial charge is 0.226 e. The molecule has 0 bridgehead atoms. The zero-order valence-corrected chi connectivity index (χ0v) is 13.9. The van der Waals surface area contributed by atoms with Crippen LogP contribution in [0.1, 0.15) is 48.4 Å². The van der Waals surface area contributed by atoms with Gasteiger partial charge in [0.1, 0.15) is 11.6 Å². The Morgan fingerprint density at radius 1 is 1.36 bits per heavy atom. The van der Waals surface area contributed by atoms with E-state index < -0.39 is 11.6 Å². The highest BCUT2D eigenvalue weighted by Crippen LogP contribution is 2.49. The Kier molecular flexibility index (Phi) is 4.01. The average Bonchev–Trinajstić information content (AvgIpc) is 3.29. The molecule has 1 saturated heterocycles. The third kappa shape index (κ3) is 3.15. The molecular weight excluding hydrogens is 328 g/mol. The number of rotatable bonds is 3. The van der Waals surface area contributed by atoms with Crippen LogP contribution >= 0.6 is 0 Å². The lowest BCUT2D eigenvalue weighted by molar-refractivity contribution is -0.133. The van der Waals surface area contributed by atoms with Crippen molar-refractivity contribution in [1.29, 1.82) is 0 Å². The van der Waals surface area contributed by atoms with Crippen LogP contribution in [0.3, 0.4) is 0 Å². The van der Waals surface area contributed by atoms with Crippen LogP contribution in [0.2, 0.25) is 0 Å². The van der Waals surface area contributed by atoms with Crippen molar-refractivity contribution in [3.8, 4) is 0 Å². The lowest BCUT2D eigenvalue weighted by atomic mass is 9.96. The molecule has 1 aliphatic heterocycles. The first kappa shape index (κ1) is 16.2. The molecule has 0 spiro atoms. The zero-order valence-electron chi connectivity index (χ0n) is 13.9. The van der Waals surface area contributed by atoms with E-state index in [1.54, 1.807) is 6.92 Å². The lowest BCUT2D eigenvalue weighted by Gasteiger charge is -2.31. The van der Waals surface area contributed by atoms with E-state index in [0.29, 0.717) is 36.8 Å². The molecule has 1 aromatic carbocycles. The number of hydrogen-bond donors (Lipinski definition) is 0. The van der Waals surface area contributed by atoms with Gasteiger partial charge in [0.05, 0.1) is 0 Å². The van der Waals surface area contributed by atoms with E-state index in [1.807, 2.05) is 4.90 Å². The first-order valence-electron chi connectivity index (χ1n) is 8.57. The van der Waals surface area contributed by atoms with E-state index in [0.717, 1.165) is 25.0 Å². The molecule has 7 heteroatoms. The van der Waals surface area contributed by atoms with Gasteiger partial charge < -0.3 is 9.42 Å². The summed E-state index contributed by atoms with van der Waals surface area (Å²) in [6.45, 7) is 2.97. The molecule has 1 aromatic heterocycles. The van der Waals surface area contributed by atoms with Crippen molar-refractivity contribution in [3.05, 3.63) is 47.1 Å². The molecular formula is C18H19F2N3O2. The second-order valence-electron chi connectivity index (χ2n) is 6.91. The number of aromatic nitrogens is 2. The van der Waals surface area contributed by atoms with Crippen molar-refractivity contribution in [3.63, 3.8) is 0 Å². The SMILES string of the molecule is Cc1nc([C@@H]2CCCN(C(=O)[C@@H]3C[C@@H]3c3cc(F)ccc3F)C2)no1. The maximum absolute atomic E-state index is 13.9. The van der Waals surface area contributed by atoms with Gasteiger partial charge in [-0.05, 0) is 48.9 Å². The Balaban J connectivity index is 1.44. The number of halogens is 2. The van der Waals surface area contributed by atoms with Crippen LogP contribution in [-0.4, -0.2) is 34.0 Å². The summed E-state index contributed by atoms with van der Waals surface area (Å²) in [5.41, 5.74) is 0.306. The molecule has 0 unspecified atom stereocenters. The number of aryl methyl sites for hydroxylation is 1. The Morgan fingerprint density at radius 3 is 2.96 bits per heavy atom. The van der Waals surface area contributed by atoms with Crippen LogP contribution in [0.5, 0.6) is 0 Å². The van der Waals surface area contributed by atoms with Crippen LogP contribution in [0.4, 0.5) is 8.78 Å². The van der Waals surface area contributed by atoms with E-state index in [-0.39, 0.29) is 23.7 Å². The van der Waals surface area contributed by atoms with Gasteiger partial charge >= 0.3 is 0 Å². The fraction of sp³-hybridized carbons (Fsp3) is 0.500. The summed E-state index contributed by atoms with van der Waals surface area (Å²) in [7, 11) is 0. The summed E-state index contributed by atoms with van der Waals surface area (Å²) in [4.78, 5) is 18.8. The minimum atomic E-state index is -0.472. The normalized spacial score (nSPS) is 25.9. The molecule has 132 valence electrons. The number of piperidine rings is 1. The van der Waals surface area contributed by atoms with Crippen LogP contribution in [-0.2, 0) is 4.79 Å². The van der Waals surface area contributed by atoms with E-state index in [9.17, 15) is 13.6 Å². The Labute approximate surface area is 144 Å². The summed E-state index contributed by atoms with van der Waals surface area (Å²) < 4.78 is 32.3. The van der Waals surface area contributed by atoms with Gasteiger partial charge in [-0.3, -0.25) is 4.79 Å². The van der Waals surface area contributed by atoms with Crippen LogP contribution < -0.4 is 0 Å². The van der Waals surface area contributed by atoms with Crippen molar-refractivity contribution in [2.75, 3.05) is 13.1 Å². The third-order valence-electron chi connectivity index (χ3n) is 5.11. The van der Waals surface area contributed by atoms with Gasteiger partial charge in [-0.2, -0.15) is 4.98 Å². The highest BCUT2D eigenvalue weighted by atomic mass is 19.1. The molecule has 1 amide bonds. The Morgan fingerprint density at radius 2 is 2.20 bits per heavy atom. The number of carbonyl (C=O) groups is 1. The quantitative estimate of drug-likeness (QED) is 0.856. The molecule has 0 radical (unpaired) electrons. The molecule has 2 fully saturated rings. The van der Waals surface area contributed by atoms with Gasteiger partial charge in [0.25, 0.3) is 0 Å². The second-order valence-corrected chi connectivity index (χ2v) is 6.91. The van der Waals surface area contributed by atoms with Crippen LogP contribution in [0.25, 0.3) is 0 Å². The van der Waals surface area contributed by atoms with E-state index in [1.165, 1.54) is 6.07 Å². The lowest BCUT2D eigenvalue weighted by Crippen LogP contribution is -2.40. The molecule has 0 N–H and O–H groups in total. The van der Waals surface area contributed by atoms with E-state index in [2.05, 4.69) is 10.1 Å². The maximum atomic E-state index is 13.9. The predicted molar refractivity (Wildman–Crippen MR) is 84.8 cm³/mol. The van der Waals surface area contributed by atoms with Crippen LogP contribution in [0.15, 0.2) is 22.7 Å². The summed E-state index contributed by atoms with van der Waals surface area (Å²) in [6, 6.07) is 3.43. The standard InChI is InChI=1S/C18H19F2N3O2/c1-10-21-17(22-25-10)11-3-2-6-23(9-11)18(24)15-8-13(15)14-7-12(19)4-5-16(14)20/h4-5,7,11,13,15H,2-3,6,8-9H2,1H3/t11-,13-,15-/m1/s1. The fourth-order valence-electron chi connectivity index (χ4n) is 3.71. The summed E-state index contributed by atoms with van der Waals surface area (Å²) >= 11 is 0. The molecule has 2 aliphatic rings. The molecule has 1 aliphatic carbocycles. The summed E-state index contributed by atoms with van der Waals surface area (Å²) in [5, 5.41) is 3.96. The number of amides is 1. The molecule has 5 nitrogen and oxygen atoms in total. The van der Waals surface area contributed by atoms with Gasteiger partial charge in [0.2, 0.25) is 11.8 Å². The first-order chi connectivity index (χ1) is 12.0. The van der Waals surface area contributed by atoms with Gasteiger partial charge in [0, 0.05) is 31.8 Å². The van der Waals surface area contributed by atoms with Crippen molar-refractivity contribution in [2.24, 2.45) is 5.92 Å². The third-order valence-corrected chi connectivity index (χ3v) is 5.11. The number of likely N-dealkylation sites (tertiary alicyclic amines) is 1. The highest BCUT2D eigenvalue weighted by molar-refractivity contribution is 5.83. The minimum absolute atomic E-state index is 0.0126. The zero-order chi connectivity index (χ0) is 17.6. The van der Waals surface area contributed by atoms with Gasteiger partial charge in [-0.15, -0.1) is 0 Å². The number of nitrogens with zero attached hydrogens (tertiary/aromatic N) is 3. The van der Waals surface area contributed by atoms with Gasteiger partial charge in [0.15, 0.2) is 5.82 Å². The molecule has 25 heavy (non-hydrogen) atoms. The van der Waals surface area contributed by atoms with Crippen molar-refractivity contribution in [1.82, 2.24) is 15.0 Å². The van der Waals surface area contributed by atoms with Crippen molar-refractivity contribution < 1.29 is 18.1 Å². The predicted octanol–water partition coefficient (Wildman–Crippen LogP) is 3.17. The second kappa shape index (κ2) is 6.20. The average molecular weight is 347 g/mol. The summed E-state index contributed by atoms with van der Waals surface area (Å²) in [5.74, 6) is -0.170. The molecule has 1 saturated carbocycles. The van der Waals surface area contributed by atoms with E-state index in [4.69, 9.17) is 4.52 Å². The van der Waals surface area contributed by atoms with Crippen molar-refractivity contribution >= 4 is 5.91 Å². The van der Waals surface area contributed by atoms with Crippen LogP contribution in [0, 0.1) is 24.5 Å². The number of hydrogen-bond acceptors (Lipinski definition) is 4. The summed E-state index contributed by atoms with van der Waals surface area (Å²) in [6.07, 6.45) is 2.35. The fourth-order valence-corrected chi connectivity index (χ4v) is 3.71. The molecule has 4 rings (SSSR count). The first-order valence-corrected chi connectivity index (χ1v) is 8.57. The largest absolute Gasteiger partial charge is 0.342 e. The Bertz CT molecular complexity index is 807. The molecule has 2 heterocycles. The molecule has 2 aromatic rings. The Hall–Kier alpha value is -2.31. The van der Waals surface area contributed by atoms with E-state index >= 15 is 0 Å². The minimum Gasteiger partial charge on any atom is -0.342 e.